The van der Waals surface area contributed by atoms with E-state index in [0.29, 0.717) is 35.2 Å². The lowest BCUT2D eigenvalue weighted by Crippen LogP contribution is -2.16. The molecular weight excluding hydrogens is 491 g/mol. The van der Waals surface area contributed by atoms with E-state index < -0.39 is 6.36 Å². The first-order chi connectivity index (χ1) is 17.9. The summed E-state index contributed by atoms with van der Waals surface area (Å²) in [4.78, 5) is 8.79. The van der Waals surface area contributed by atoms with Crippen LogP contribution in [0.4, 0.5) is 13.2 Å². The van der Waals surface area contributed by atoms with Gasteiger partial charge in [-0.05, 0) is 48.0 Å². The number of hydrogen-bond acceptors (Lipinski definition) is 8. The zero-order valence-corrected chi connectivity index (χ0v) is 19.0. The Bertz CT molecular complexity index is 1460. The molecule has 0 unspecified atom stereocenters. The second kappa shape index (κ2) is 10.4. The molecule has 0 bridgehead atoms. The molecule has 0 aliphatic rings. The standard InChI is InChI=1S/C25H18F3N5O4/c26-25(27,28)37-22-6-1-16(2-7-22)3-10-23-30-20(15-35-23)14-34-21-8-4-17(5-9-21)24-31-19(13-36-24)11-18-12-29-33-32-18/h1-10,12-13,15H,11,14H2,(H,29,32,33). The van der Waals surface area contributed by atoms with Crippen molar-refractivity contribution in [1.82, 2.24) is 25.4 Å². The molecule has 0 aliphatic carbocycles. The molecule has 9 nitrogen and oxygen atoms in total. The van der Waals surface area contributed by atoms with E-state index in [4.69, 9.17) is 13.6 Å². The predicted molar refractivity (Wildman–Crippen MR) is 124 cm³/mol. The maximum absolute atomic E-state index is 12.2. The molecule has 0 amide bonds. The highest BCUT2D eigenvalue weighted by Crippen LogP contribution is 2.24. The molecule has 3 aromatic heterocycles. The van der Waals surface area contributed by atoms with E-state index in [0.717, 1.165) is 17.0 Å². The smallest absolute Gasteiger partial charge is 0.487 e. The minimum Gasteiger partial charge on any atom is -0.487 e. The van der Waals surface area contributed by atoms with E-state index in [1.807, 2.05) is 12.1 Å². The van der Waals surface area contributed by atoms with Crippen LogP contribution in [0.15, 0.2) is 76.1 Å². The van der Waals surface area contributed by atoms with Gasteiger partial charge in [0.05, 0.1) is 11.4 Å². The Balaban J connectivity index is 1.13. The van der Waals surface area contributed by atoms with Crippen molar-refractivity contribution in [2.24, 2.45) is 0 Å². The molecule has 0 aliphatic heterocycles. The summed E-state index contributed by atoms with van der Waals surface area (Å²) in [7, 11) is 0. The van der Waals surface area contributed by atoms with Crippen molar-refractivity contribution in [1.29, 1.82) is 0 Å². The summed E-state index contributed by atoms with van der Waals surface area (Å²) in [5.41, 5.74) is 3.53. The van der Waals surface area contributed by atoms with Gasteiger partial charge in [0, 0.05) is 24.3 Å². The van der Waals surface area contributed by atoms with Gasteiger partial charge < -0.3 is 18.3 Å². The first-order valence-electron chi connectivity index (χ1n) is 10.9. The Morgan fingerprint density at radius 2 is 1.59 bits per heavy atom. The third-order valence-corrected chi connectivity index (χ3v) is 4.97. The fourth-order valence-corrected chi connectivity index (χ4v) is 3.28. The Hall–Kier alpha value is -4.87. The zero-order chi connectivity index (χ0) is 25.7. The molecule has 1 N–H and O–H groups in total. The van der Waals surface area contributed by atoms with Gasteiger partial charge in [0.15, 0.2) is 0 Å². The van der Waals surface area contributed by atoms with Crippen LogP contribution >= 0.6 is 0 Å². The average molecular weight is 509 g/mol. The summed E-state index contributed by atoms with van der Waals surface area (Å²) in [6.45, 7) is 0.182. The van der Waals surface area contributed by atoms with Gasteiger partial charge in [-0.2, -0.15) is 0 Å². The van der Waals surface area contributed by atoms with Crippen LogP contribution in [0.5, 0.6) is 11.5 Å². The molecule has 3 heterocycles. The van der Waals surface area contributed by atoms with Crippen molar-refractivity contribution >= 4 is 12.2 Å². The number of nitrogens with zero attached hydrogens (tertiary/aromatic N) is 4. The fraction of sp³-hybridized carbons (Fsp3) is 0.120. The largest absolute Gasteiger partial charge is 0.573 e. The summed E-state index contributed by atoms with van der Waals surface area (Å²) in [6, 6.07) is 12.7. The van der Waals surface area contributed by atoms with Gasteiger partial charge in [0.25, 0.3) is 0 Å². The number of hydrogen-bond donors (Lipinski definition) is 1. The first kappa shape index (κ1) is 23.9. The maximum Gasteiger partial charge on any atom is 0.573 e. The molecule has 37 heavy (non-hydrogen) atoms. The molecule has 12 heteroatoms. The van der Waals surface area contributed by atoms with Crippen LogP contribution in [-0.2, 0) is 13.0 Å². The molecule has 188 valence electrons. The molecule has 5 rings (SSSR count). The number of aromatic amines is 1. The Labute approximate surface area is 207 Å². The number of alkyl halides is 3. The Kier molecular flexibility index (Phi) is 6.70. The molecule has 0 saturated carbocycles. The van der Waals surface area contributed by atoms with Gasteiger partial charge in [-0.3, -0.25) is 5.10 Å². The van der Waals surface area contributed by atoms with E-state index in [-0.39, 0.29) is 12.4 Å². The van der Waals surface area contributed by atoms with Crippen LogP contribution in [0.1, 0.15) is 28.5 Å². The van der Waals surface area contributed by atoms with Crippen molar-refractivity contribution in [3.8, 4) is 23.0 Å². The predicted octanol–water partition coefficient (Wildman–Crippen LogP) is 5.69. The third-order valence-electron chi connectivity index (χ3n) is 4.97. The minimum atomic E-state index is -4.73. The van der Waals surface area contributed by atoms with E-state index in [9.17, 15) is 13.2 Å². The first-order valence-corrected chi connectivity index (χ1v) is 10.9. The van der Waals surface area contributed by atoms with Crippen LogP contribution in [0.3, 0.4) is 0 Å². The molecule has 0 saturated heterocycles. The van der Waals surface area contributed by atoms with Crippen LogP contribution in [0.25, 0.3) is 23.6 Å². The fourth-order valence-electron chi connectivity index (χ4n) is 3.28. The lowest BCUT2D eigenvalue weighted by molar-refractivity contribution is -0.274. The van der Waals surface area contributed by atoms with Crippen molar-refractivity contribution in [2.75, 3.05) is 0 Å². The monoisotopic (exact) mass is 509 g/mol. The molecule has 0 fully saturated rings. The molecule has 0 spiro atoms. The van der Waals surface area contributed by atoms with Crippen molar-refractivity contribution in [2.45, 2.75) is 19.4 Å². The Morgan fingerprint density at radius 3 is 2.32 bits per heavy atom. The van der Waals surface area contributed by atoms with Gasteiger partial charge in [0.2, 0.25) is 11.8 Å². The topological polar surface area (TPSA) is 112 Å². The second-order valence-corrected chi connectivity index (χ2v) is 7.73. The minimum absolute atomic E-state index is 0.182. The van der Waals surface area contributed by atoms with Crippen LogP contribution in [-0.4, -0.2) is 31.7 Å². The highest BCUT2D eigenvalue weighted by molar-refractivity contribution is 5.66. The van der Waals surface area contributed by atoms with Gasteiger partial charge in [-0.15, -0.1) is 18.3 Å². The molecular formula is C25H18F3N5O4. The van der Waals surface area contributed by atoms with E-state index in [2.05, 4.69) is 30.1 Å². The van der Waals surface area contributed by atoms with Gasteiger partial charge >= 0.3 is 6.36 Å². The number of rotatable bonds is 9. The summed E-state index contributed by atoms with van der Waals surface area (Å²) < 4.78 is 57.3. The van der Waals surface area contributed by atoms with Crippen molar-refractivity contribution in [3.05, 3.63) is 95.8 Å². The van der Waals surface area contributed by atoms with Crippen LogP contribution in [0, 0.1) is 0 Å². The van der Waals surface area contributed by atoms with Crippen molar-refractivity contribution in [3.63, 3.8) is 0 Å². The molecule has 5 aromatic rings. The van der Waals surface area contributed by atoms with E-state index in [1.165, 1.54) is 30.5 Å². The summed E-state index contributed by atoms with van der Waals surface area (Å²) in [6.07, 6.45) is 3.81. The summed E-state index contributed by atoms with van der Waals surface area (Å²) >= 11 is 0. The van der Waals surface area contributed by atoms with Gasteiger partial charge in [-0.25, -0.2) is 9.97 Å². The second-order valence-electron chi connectivity index (χ2n) is 7.73. The number of halogens is 3. The highest BCUT2D eigenvalue weighted by Gasteiger charge is 2.30. The van der Waals surface area contributed by atoms with Crippen LogP contribution in [0.2, 0.25) is 0 Å². The molecule has 2 aromatic carbocycles. The summed E-state index contributed by atoms with van der Waals surface area (Å²) in [5, 5.41) is 10.3. The number of ether oxygens (including phenoxy) is 2. The highest BCUT2D eigenvalue weighted by atomic mass is 19.4. The van der Waals surface area contributed by atoms with E-state index in [1.54, 1.807) is 36.7 Å². The number of nitrogens with one attached hydrogen (secondary N) is 1. The molecule has 0 radical (unpaired) electrons. The number of benzene rings is 2. The maximum atomic E-state index is 12.2. The zero-order valence-electron chi connectivity index (χ0n) is 19.0. The normalized spacial score (nSPS) is 11.8. The van der Waals surface area contributed by atoms with Crippen molar-refractivity contribution < 1.29 is 31.5 Å². The SMILES string of the molecule is FC(F)(F)Oc1ccc(C=Cc2nc(COc3ccc(-c4nc(Cc5c[nH]nn5)co4)cc3)co2)cc1. The number of H-pyrrole nitrogens is 1. The van der Waals surface area contributed by atoms with E-state index >= 15 is 0 Å². The quantitative estimate of drug-likeness (QED) is 0.270. The van der Waals surface area contributed by atoms with Gasteiger partial charge in [0.1, 0.15) is 36.3 Å². The van der Waals surface area contributed by atoms with Gasteiger partial charge in [-0.1, -0.05) is 17.3 Å². The average Bonchev–Trinajstić information content (AvgIpc) is 3.65. The Morgan fingerprint density at radius 1 is 0.838 bits per heavy atom. The summed E-state index contributed by atoms with van der Waals surface area (Å²) in [5.74, 6) is 1.15. The lowest BCUT2D eigenvalue weighted by atomic mass is 10.2. The number of oxazole rings is 2. The molecule has 0 atom stereocenters. The van der Waals surface area contributed by atoms with Crippen LogP contribution < -0.4 is 9.47 Å². The lowest BCUT2D eigenvalue weighted by Gasteiger charge is -2.08. The number of aromatic nitrogens is 5. The third kappa shape index (κ3) is 6.63.